The van der Waals surface area contributed by atoms with E-state index in [2.05, 4.69) is 10.6 Å². The number of carbonyl (C=O) groups excluding carboxylic acids is 4. The van der Waals surface area contributed by atoms with Crippen molar-refractivity contribution in [2.24, 2.45) is 28.6 Å². The average molecular weight is 654 g/mol. The van der Waals surface area contributed by atoms with Gasteiger partial charge in [-0.25, -0.2) is 12.7 Å². The van der Waals surface area contributed by atoms with E-state index < -0.39 is 79.6 Å². The van der Waals surface area contributed by atoms with Crippen molar-refractivity contribution in [1.82, 2.24) is 19.8 Å². The van der Waals surface area contributed by atoms with Gasteiger partial charge in [-0.05, 0) is 54.6 Å². The van der Waals surface area contributed by atoms with Crippen LogP contribution in [-0.2, 0) is 29.2 Å². The van der Waals surface area contributed by atoms with Crippen molar-refractivity contribution in [2.45, 2.75) is 83.6 Å². The Morgan fingerprint density at radius 3 is 2.27 bits per heavy atom. The van der Waals surface area contributed by atoms with Gasteiger partial charge < -0.3 is 15.5 Å². The molecular formula is C30H38F3N5O6S. The number of sulfonamides is 1. The van der Waals surface area contributed by atoms with E-state index in [-0.39, 0.29) is 29.1 Å². The third kappa shape index (κ3) is 6.39. The number of likely N-dealkylation sites (tertiary alicyclic amines) is 1. The molecule has 6 atom stereocenters. The summed E-state index contributed by atoms with van der Waals surface area (Å²) in [7, 11) is -5.23. The number of piperidine rings is 1. The summed E-state index contributed by atoms with van der Waals surface area (Å²) in [5.41, 5.74) is -1.37. The quantitative estimate of drug-likeness (QED) is 0.437. The molecule has 0 aromatic heterocycles. The number of hydrogen-bond donors (Lipinski definition) is 2. The largest absolute Gasteiger partial charge is 0.472 e. The number of benzene rings is 1. The second-order valence-corrected chi connectivity index (χ2v) is 15.6. The van der Waals surface area contributed by atoms with Gasteiger partial charge in [-0.1, -0.05) is 52.3 Å². The van der Waals surface area contributed by atoms with Gasteiger partial charge >= 0.3 is 12.1 Å². The Balaban J connectivity index is 1.74. The first-order valence-corrected chi connectivity index (χ1v) is 16.1. The molecule has 2 N–H and O–H groups in total. The van der Waals surface area contributed by atoms with E-state index in [4.69, 9.17) is 0 Å². The van der Waals surface area contributed by atoms with Gasteiger partial charge in [-0.2, -0.15) is 18.4 Å². The molecule has 1 aliphatic carbocycles. The number of nitrogens with one attached hydrogen (secondary N) is 2. The minimum absolute atomic E-state index is 0.0273. The van der Waals surface area contributed by atoms with E-state index >= 15 is 0 Å². The van der Waals surface area contributed by atoms with Gasteiger partial charge in [0.1, 0.15) is 18.1 Å². The van der Waals surface area contributed by atoms with Gasteiger partial charge in [0.25, 0.3) is 10.0 Å². The van der Waals surface area contributed by atoms with Gasteiger partial charge in [0, 0.05) is 19.0 Å². The number of halogens is 3. The molecule has 3 fully saturated rings. The number of alkyl halides is 3. The molecule has 4 amide bonds. The SMILES string of the molecule is Cc1ccc(S(=O)(=O)N(C(=O)C(F)(F)F)[C@H](C(=O)N2C[C@H]3[C@@H]([C@H]2C(=O)N[C@H](C#N)C[C@@H]2CCNC2=O)C3(C)C)C(C)(C)C)cc1. The maximum absolute atomic E-state index is 14.4. The zero-order valence-electron chi connectivity index (χ0n) is 25.9. The van der Waals surface area contributed by atoms with Gasteiger partial charge in [-0.15, -0.1) is 0 Å². The molecule has 1 saturated carbocycles. The van der Waals surface area contributed by atoms with Crippen LogP contribution in [0.2, 0.25) is 0 Å². The van der Waals surface area contributed by atoms with Crippen molar-refractivity contribution in [1.29, 1.82) is 5.26 Å². The molecule has 0 spiro atoms. The van der Waals surface area contributed by atoms with Crippen LogP contribution >= 0.6 is 0 Å². The van der Waals surface area contributed by atoms with Crippen LogP contribution in [-0.4, -0.2) is 78.6 Å². The van der Waals surface area contributed by atoms with Crippen LogP contribution in [0.4, 0.5) is 13.2 Å². The predicted molar refractivity (Wildman–Crippen MR) is 154 cm³/mol. The van der Waals surface area contributed by atoms with Crippen molar-refractivity contribution in [3.05, 3.63) is 29.8 Å². The molecule has 11 nitrogen and oxygen atoms in total. The van der Waals surface area contributed by atoms with E-state index in [1.807, 2.05) is 19.9 Å². The Morgan fingerprint density at radius 1 is 1.18 bits per heavy atom. The van der Waals surface area contributed by atoms with Crippen LogP contribution in [0.15, 0.2) is 29.2 Å². The molecule has 1 aromatic carbocycles. The van der Waals surface area contributed by atoms with Gasteiger partial charge in [0.05, 0.1) is 11.0 Å². The summed E-state index contributed by atoms with van der Waals surface area (Å²) >= 11 is 0. The molecule has 0 unspecified atom stereocenters. The number of nitriles is 1. The van der Waals surface area contributed by atoms with Crippen molar-refractivity contribution < 1.29 is 40.8 Å². The van der Waals surface area contributed by atoms with Crippen LogP contribution in [0.3, 0.4) is 0 Å². The Labute approximate surface area is 260 Å². The van der Waals surface area contributed by atoms with Crippen LogP contribution in [0, 0.1) is 46.8 Å². The molecule has 0 bridgehead atoms. The summed E-state index contributed by atoms with van der Waals surface area (Å²) in [6.45, 7) is 9.77. The molecular weight excluding hydrogens is 615 g/mol. The highest BCUT2D eigenvalue weighted by atomic mass is 32.2. The van der Waals surface area contributed by atoms with Crippen molar-refractivity contribution in [3.8, 4) is 6.07 Å². The van der Waals surface area contributed by atoms with E-state index in [9.17, 15) is 46.0 Å². The summed E-state index contributed by atoms with van der Waals surface area (Å²) in [6.07, 6.45) is -5.15. The zero-order valence-corrected chi connectivity index (χ0v) is 26.8. The normalized spacial score (nSPS) is 25.4. The lowest BCUT2D eigenvalue weighted by Crippen LogP contribution is -2.63. The lowest BCUT2D eigenvalue weighted by Gasteiger charge is -2.42. The smallest absolute Gasteiger partial charge is 0.356 e. The third-order valence-corrected chi connectivity index (χ3v) is 11.0. The summed E-state index contributed by atoms with van der Waals surface area (Å²) in [4.78, 5) is 53.6. The number of nitrogens with zero attached hydrogens (tertiary/aromatic N) is 3. The van der Waals surface area contributed by atoms with Gasteiger partial charge in [-0.3, -0.25) is 19.2 Å². The molecule has 1 aromatic rings. The fraction of sp³-hybridized carbons (Fsp3) is 0.633. The van der Waals surface area contributed by atoms with E-state index in [1.165, 1.54) is 32.9 Å². The van der Waals surface area contributed by atoms with E-state index in [1.54, 1.807) is 6.92 Å². The minimum Gasteiger partial charge on any atom is -0.356 e. The zero-order chi connectivity index (χ0) is 33.9. The van der Waals surface area contributed by atoms with Crippen LogP contribution < -0.4 is 10.6 Å². The summed E-state index contributed by atoms with van der Waals surface area (Å²) in [6, 6.07) is 2.27. The minimum atomic E-state index is -5.65. The van der Waals surface area contributed by atoms with Crippen LogP contribution in [0.5, 0.6) is 0 Å². The fourth-order valence-electron chi connectivity index (χ4n) is 6.66. The molecule has 2 aliphatic heterocycles. The summed E-state index contributed by atoms with van der Waals surface area (Å²) in [5, 5.41) is 15.0. The lowest BCUT2D eigenvalue weighted by molar-refractivity contribution is -0.185. The van der Waals surface area contributed by atoms with Gasteiger partial charge in [0.15, 0.2) is 0 Å². The first kappa shape index (κ1) is 34.2. The maximum atomic E-state index is 14.4. The highest BCUT2D eigenvalue weighted by molar-refractivity contribution is 7.89. The Morgan fingerprint density at radius 2 is 1.78 bits per heavy atom. The molecule has 4 rings (SSSR count). The molecule has 2 saturated heterocycles. The van der Waals surface area contributed by atoms with Crippen LogP contribution in [0.25, 0.3) is 0 Å². The molecule has 246 valence electrons. The Kier molecular flexibility index (Phi) is 8.82. The number of amides is 4. The van der Waals surface area contributed by atoms with Crippen LogP contribution in [0.1, 0.15) is 53.0 Å². The Bertz CT molecular complexity index is 1530. The number of aryl methyl sites for hydroxylation is 1. The maximum Gasteiger partial charge on any atom is 0.472 e. The predicted octanol–water partition coefficient (Wildman–Crippen LogP) is 2.51. The van der Waals surface area contributed by atoms with Crippen molar-refractivity contribution in [3.63, 3.8) is 0 Å². The molecule has 15 heteroatoms. The number of carbonyl (C=O) groups is 4. The number of hydrogen-bond acceptors (Lipinski definition) is 7. The second kappa shape index (κ2) is 11.6. The number of rotatable bonds is 8. The average Bonchev–Trinajstić information content (AvgIpc) is 3.26. The first-order valence-electron chi connectivity index (χ1n) is 14.6. The summed E-state index contributed by atoms with van der Waals surface area (Å²) < 4.78 is 69.3. The highest BCUT2D eigenvalue weighted by Crippen LogP contribution is 2.65. The molecule has 3 aliphatic rings. The molecule has 0 radical (unpaired) electrons. The third-order valence-electron chi connectivity index (χ3n) is 9.22. The van der Waals surface area contributed by atoms with Crippen molar-refractivity contribution in [2.75, 3.05) is 13.1 Å². The standard InChI is InChI=1S/C30H38F3N5O6S/c1-16-7-9-19(10-8-16)45(43,44)38(27(42)30(31,32)33)23(28(2,3)4)26(41)37-15-20-21(29(20,5)6)22(37)25(40)36-18(14-34)13-17-11-12-35-24(17)39/h7-10,17-18,20-23H,11-13,15H2,1-6H3,(H,35,39)(H,36,40)/t17-,18-,20-,21-,22-,23+/m0/s1. The number of fused-ring (bicyclic) bond motifs is 1. The first-order chi connectivity index (χ1) is 20.6. The topological polar surface area (TPSA) is 157 Å². The van der Waals surface area contributed by atoms with E-state index in [0.29, 0.717) is 18.5 Å². The van der Waals surface area contributed by atoms with E-state index in [0.717, 1.165) is 17.0 Å². The summed E-state index contributed by atoms with van der Waals surface area (Å²) in [5.74, 6) is -6.03. The van der Waals surface area contributed by atoms with Crippen molar-refractivity contribution >= 4 is 33.7 Å². The monoisotopic (exact) mass is 653 g/mol. The van der Waals surface area contributed by atoms with Gasteiger partial charge in [0.2, 0.25) is 17.7 Å². The molecule has 45 heavy (non-hydrogen) atoms. The fourth-order valence-corrected chi connectivity index (χ4v) is 8.38. The Hall–Kier alpha value is -3.67. The highest BCUT2D eigenvalue weighted by Gasteiger charge is 2.70. The second-order valence-electron chi connectivity index (χ2n) is 13.8. The molecule has 2 heterocycles. The lowest BCUT2D eigenvalue weighted by atomic mass is 9.85.